The van der Waals surface area contributed by atoms with Gasteiger partial charge >= 0.3 is 11.9 Å². The predicted octanol–water partition coefficient (Wildman–Crippen LogP) is 2.85. The number of carboxylic acids is 1. The molecule has 0 saturated heterocycles. The van der Waals surface area contributed by atoms with Gasteiger partial charge in [0.1, 0.15) is 12.0 Å². The lowest BCUT2D eigenvalue weighted by molar-refractivity contribution is -0.147. The zero-order valence-electron chi connectivity index (χ0n) is 21.6. The first-order chi connectivity index (χ1) is 18.7. The number of para-hydroxylation sites is 1. The molecule has 5 N–H and O–H groups in total. The maximum Gasteiger partial charge on any atom is 0.338 e. The first kappa shape index (κ1) is 27.1. The van der Waals surface area contributed by atoms with Gasteiger partial charge in [-0.25, -0.2) is 14.6 Å². The molecule has 2 heterocycles. The van der Waals surface area contributed by atoms with Crippen molar-refractivity contribution in [1.82, 2.24) is 4.98 Å². The minimum absolute atomic E-state index is 0.0271. The number of aromatic nitrogens is 1. The molecule has 2 atom stereocenters. The number of amides is 1. The first-order valence-corrected chi connectivity index (χ1v) is 12.4. The second kappa shape index (κ2) is 11.6. The summed E-state index contributed by atoms with van der Waals surface area (Å²) in [7, 11) is 1.78. The number of nitrogens with two attached hydrogens (primary N) is 1. The Morgan fingerprint density at radius 3 is 2.44 bits per heavy atom. The number of hydrogen-bond donors (Lipinski definition) is 4. The number of hydrogen-bond acceptors (Lipinski definition) is 8. The van der Waals surface area contributed by atoms with E-state index in [1.54, 1.807) is 55.3 Å². The molecule has 2 aromatic carbocycles. The van der Waals surface area contributed by atoms with Crippen LogP contribution in [0.4, 0.5) is 17.2 Å². The van der Waals surface area contributed by atoms with E-state index in [2.05, 4.69) is 10.3 Å². The monoisotopic (exact) mass is 530 g/mol. The van der Waals surface area contributed by atoms with Crippen LogP contribution in [0.3, 0.4) is 0 Å². The molecular weight excluding hydrogens is 500 g/mol. The number of carbonyl (C=O) groups is 3. The highest BCUT2D eigenvalue weighted by atomic mass is 16.5. The van der Waals surface area contributed by atoms with Gasteiger partial charge in [-0.3, -0.25) is 10.2 Å². The third-order valence-corrected chi connectivity index (χ3v) is 6.51. The Morgan fingerprint density at radius 1 is 1.13 bits per heavy atom. The number of rotatable bonds is 10. The number of pyridine rings is 1. The van der Waals surface area contributed by atoms with E-state index in [0.29, 0.717) is 35.6 Å². The average Bonchev–Trinajstić information content (AvgIpc) is 3.19. The van der Waals surface area contributed by atoms with Crippen molar-refractivity contribution in [3.8, 4) is 0 Å². The van der Waals surface area contributed by atoms with E-state index in [4.69, 9.17) is 15.9 Å². The number of esters is 1. The molecule has 0 spiro atoms. The number of anilines is 3. The van der Waals surface area contributed by atoms with Crippen molar-refractivity contribution < 1.29 is 24.2 Å². The molecule has 1 aliphatic heterocycles. The number of amidine groups is 1. The van der Waals surface area contributed by atoms with Crippen LogP contribution >= 0.6 is 0 Å². The lowest BCUT2D eigenvalue weighted by Gasteiger charge is -2.35. The number of carboxylic acid groups (broad SMARTS) is 1. The number of aromatic carboxylic acids is 1. The molecule has 0 bridgehead atoms. The highest BCUT2D eigenvalue weighted by molar-refractivity contribution is 6.12. The van der Waals surface area contributed by atoms with Gasteiger partial charge in [-0.1, -0.05) is 42.5 Å². The Balaban J connectivity index is 1.73. The van der Waals surface area contributed by atoms with Crippen molar-refractivity contribution in [2.24, 2.45) is 5.73 Å². The standard InChI is InChI=1S/C28H30N6O5/c1-3-39-28(38)23(26(35)32-20-7-5-4-6-8-20)34-21-15-19(27(36)37)16-31-25(21)33(2)22(34)14-11-17-9-12-18(13-10-17)24(29)30/h4-10,12-13,15-16,22-23H,3,11,14H2,1-2H3,(H3,29,30)(H,32,35)(H,36,37). The van der Waals surface area contributed by atoms with Gasteiger partial charge in [0.25, 0.3) is 5.91 Å². The number of benzene rings is 2. The lowest BCUT2D eigenvalue weighted by atomic mass is 10.0. The maximum absolute atomic E-state index is 13.6. The minimum Gasteiger partial charge on any atom is -0.478 e. The molecule has 1 aromatic heterocycles. The molecule has 202 valence electrons. The van der Waals surface area contributed by atoms with Gasteiger partial charge in [0.05, 0.1) is 17.9 Å². The quantitative estimate of drug-likeness (QED) is 0.134. The number of nitrogens with one attached hydrogen (secondary N) is 2. The van der Waals surface area contributed by atoms with Gasteiger partial charge in [-0.05, 0) is 43.5 Å². The molecule has 3 aromatic rings. The minimum atomic E-state index is -1.41. The van der Waals surface area contributed by atoms with Crippen LogP contribution in [0.15, 0.2) is 66.9 Å². The Morgan fingerprint density at radius 2 is 1.82 bits per heavy atom. The third-order valence-electron chi connectivity index (χ3n) is 6.51. The van der Waals surface area contributed by atoms with Crippen molar-refractivity contribution >= 4 is 40.9 Å². The summed E-state index contributed by atoms with van der Waals surface area (Å²) in [5.41, 5.74) is 7.91. The summed E-state index contributed by atoms with van der Waals surface area (Å²) in [4.78, 5) is 46.5. The van der Waals surface area contributed by atoms with Crippen molar-refractivity contribution in [2.45, 2.75) is 32.0 Å². The Labute approximate surface area is 225 Å². The summed E-state index contributed by atoms with van der Waals surface area (Å²) in [6, 6.07) is 16.0. The molecule has 11 heteroatoms. The van der Waals surface area contributed by atoms with Crippen molar-refractivity contribution in [1.29, 1.82) is 5.41 Å². The van der Waals surface area contributed by atoms with Gasteiger partial charge in [0.15, 0.2) is 5.82 Å². The van der Waals surface area contributed by atoms with E-state index in [1.165, 1.54) is 12.3 Å². The summed E-state index contributed by atoms with van der Waals surface area (Å²) < 4.78 is 5.32. The van der Waals surface area contributed by atoms with Crippen LogP contribution in [0.1, 0.15) is 34.8 Å². The zero-order valence-corrected chi connectivity index (χ0v) is 21.6. The van der Waals surface area contributed by atoms with Gasteiger partial charge in [0.2, 0.25) is 6.04 Å². The van der Waals surface area contributed by atoms with Crippen molar-refractivity contribution in [3.63, 3.8) is 0 Å². The van der Waals surface area contributed by atoms with Crippen LogP contribution in [-0.4, -0.2) is 59.6 Å². The third kappa shape index (κ3) is 5.82. The van der Waals surface area contributed by atoms with Crippen molar-refractivity contribution in [2.75, 3.05) is 28.8 Å². The largest absolute Gasteiger partial charge is 0.478 e. The fourth-order valence-corrected chi connectivity index (χ4v) is 4.60. The van der Waals surface area contributed by atoms with Crippen molar-refractivity contribution in [3.05, 3.63) is 83.6 Å². The molecule has 0 fully saturated rings. The fourth-order valence-electron chi connectivity index (χ4n) is 4.60. The second-order valence-electron chi connectivity index (χ2n) is 9.03. The maximum atomic E-state index is 13.6. The van der Waals surface area contributed by atoms with Crippen LogP contribution in [0.5, 0.6) is 0 Å². The summed E-state index contributed by atoms with van der Waals surface area (Å²) in [5.74, 6) is -2.14. The van der Waals surface area contributed by atoms with E-state index in [0.717, 1.165) is 5.56 Å². The average molecular weight is 531 g/mol. The molecule has 4 rings (SSSR count). The first-order valence-electron chi connectivity index (χ1n) is 12.4. The van der Waals surface area contributed by atoms with E-state index in [-0.39, 0.29) is 18.0 Å². The lowest BCUT2D eigenvalue weighted by Crippen LogP contribution is -2.56. The predicted molar refractivity (Wildman–Crippen MR) is 147 cm³/mol. The fraction of sp³-hybridized carbons (Fsp3) is 0.250. The Hall–Kier alpha value is -4.93. The van der Waals surface area contributed by atoms with Crippen LogP contribution in [0.25, 0.3) is 0 Å². The smallest absolute Gasteiger partial charge is 0.338 e. The number of ether oxygens (including phenoxy) is 1. The SMILES string of the molecule is CCOC(=O)C(C(=O)Nc1ccccc1)N1c2cc(C(=O)O)cnc2N(C)C1CCc1ccc(C(=N)N)cc1. The van der Waals surface area contributed by atoms with Crippen LogP contribution in [-0.2, 0) is 20.7 Å². The van der Waals surface area contributed by atoms with Gasteiger partial charge < -0.3 is 30.7 Å². The molecule has 1 amide bonds. The Kier molecular flexibility index (Phi) is 8.09. The second-order valence-corrected chi connectivity index (χ2v) is 9.03. The molecule has 39 heavy (non-hydrogen) atoms. The van der Waals surface area contributed by atoms with E-state index < -0.39 is 30.1 Å². The molecular formula is C28H30N6O5. The van der Waals surface area contributed by atoms with Gasteiger partial charge in [-0.15, -0.1) is 0 Å². The van der Waals surface area contributed by atoms with E-state index >= 15 is 0 Å². The van der Waals surface area contributed by atoms with Gasteiger partial charge in [-0.2, -0.15) is 0 Å². The molecule has 0 radical (unpaired) electrons. The Bertz CT molecular complexity index is 1380. The molecule has 0 saturated carbocycles. The number of fused-ring (bicyclic) bond motifs is 1. The van der Waals surface area contributed by atoms with Crippen LogP contribution in [0.2, 0.25) is 0 Å². The van der Waals surface area contributed by atoms with Crippen LogP contribution < -0.4 is 20.9 Å². The summed E-state index contributed by atoms with van der Waals surface area (Å²) in [6.07, 6.45) is 1.74. The normalized spacial score (nSPS) is 14.9. The molecule has 11 nitrogen and oxygen atoms in total. The van der Waals surface area contributed by atoms with Gasteiger partial charge in [0, 0.05) is 24.5 Å². The number of nitrogen functional groups attached to an aromatic ring is 1. The van der Waals surface area contributed by atoms with E-state index in [1.807, 2.05) is 23.1 Å². The zero-order chi connectivity index (χ0) is 28.1. The summed E-state index contributed by atoms with van der Waals surface area (Å²) >= 11 is 0. The van der Waals surface area contributed by atoms with E-state index in [9.17, 15) is 19.5 Å². The topological polar surface area (TPSA) is 162 Å². The molecule has 0 aliphatic carbocycles. The highest BCUT2D eigenvalue weighted by Crippen LogP contribution is 2.41. The number of aryl methyl sites for hydroxylation is 1. The number of nitrogens with zero attached hydrogens (tertiary/aromatic N) is 3. The molecule has 2 unspecified atom stereocenters. The molecule has 1 aliphatic rings. The summed E-state index contributed by atoms with van der Waals surface area (Å²) in [5, 5.41) is 20.0. The number of carbonyl (C=O) groups excluding carboxylic acids is 2. The highest BCUT2D eigenvalue weighted by Gasteiger charge is 2.46. The van der Waals surface area contributed by atoms with Crippen LogP contribution in [0, 0.1) is 5.41 Å². The summed E-state index contributed by atoms with van der Waals surface area (Å²) in [6.45, 7) is 1.71.